The number of aliphatic hydroxyl groups excluding tert-OH is 1. The summed E-state index contributed by atoms with van der Waals surface area (Å²) in [6.45, 7) is 8.91. The second kappa shape index (κ2) is 13.4. The minimum absolute atomic E-state index is 0.181. The zero-order chi connectivity index (χ0) is 29.5. The average Bonchev–Trinajstić information content (AvgIpc) is 2.78. The summed E-state index contributed by atoms with van der Waals surface area (Å²) in [6, 6.07) is -2.11. The molecule has 1 spiro atoms. The van der Waals surface area contributed by atoms with E-state index >= 15 is 0 Å². The number of alkyl carbamates (subject to hydrolysis) is 1. The van der Waals surface area contributed by atoms with E-state index in [0.717, 1.165) is 13.8 Å². The highest BCUT2D eigenvalue weighted by atomic mass is 16.7. The summed E-state index contributed by atoms with van der Waals surface area (Å²) in [5.74, 6) is -4.29. The van der Waals surface area contributed by atoms with E-state index in [1.54, 1.807) is 20.8 Å². The minimum atomic E-state index is -1.68. The molecule has 14 heteroatoms. The number of carbonyl (C=O) groups excluding carboxylic acids is 5. The van der Waals surface area contributed by atoms with E-state index in [2.05, 4.69) is 10.6 Å². The summed E-state index contributed by atoms with van der Waals surface area (Å²) < 4.78 is 34.1. The molecule has 0 aromatic heterocycles. The van der Waals surface area contributed by atoms with Crippen LogP contribution in [0.2, 0.25) is 0 Å². The lowest BCUT2D eigenvalue weighted by Gasteiger charge is -2.54. The monoisotopic (exact) mass is 560 g/mol. The Morgan fingerprint density at radius 2 is 1.59 bits per heavy atom. The Morgan fingerprint density at radius 3 is 2.10 bits per heavy atom. The zero-order valence-electron chi connectivity index (χ0n) is 23.4. The van der Waals surface area contributed by atoms with Gasteiger partial charge in [0.05, 0.1) is 18.8 Å². The van der Waals surface area contributed by atoms with Crippen LogP contribution in [0.15, 0.2) is 0 Å². The van der Waals surface area contributed by atoms with Crippen molar-refractivity contribution < 1.29 is 57.5 Å². The van der Waals surface area contributed by atoms with Crippen LogP contribution in [0.1, 0.15) is 67.7 Å². The Bertz CT molecular complexity index is 919. The van der Waals surface area contributed by atoms with Gasteiger partial charge in [0.1, 0.15) is 24.4 Å². The number of rotatable bonds is 8. The van der Waals surface area contributed by atoms with Gasteiger partial charge in [0.15, 0.2) is 18.0 Å². The summed E-state index contributed by atoms with van der Waals surface area (Å²) >= 11 is 0. The third kappa shape index (κ3) is 9.32. The van der Waals surface area contributed by atoms with Gasteiger partial charge in [-0.05, 0) is 33.6 Å². The third-order valence-corrected chi connectivity index (χ3v) is 5.97. The Kier molecular flexibility index (Phi) is 11.1. The molecule has 2 amide bonds. The van der Waals surface area contributed by atoms with Crippen molar-refractivity contribution in [2.75, 3.05) is 13.2 Å². The number of hydrogen-bond acceptors (Lipinski definition) is 12. The summed E-state index contributed by atoms with van der Waals surface area (Å²) in [5, 5.41) is 15.4. The number of amides is 2. The number of ether oxygens (including phenoxy) is 6. The topological polar surface area (TPSA) is 185 Å². The molecule has 0 radical (unpaired) electrons. The number of hydrogen-bond donors (Lipinski definition) is 3. The molecule has 0 bridgehead atoms. The maximum absolute atomic E-state index is 12.4. The van der Waals surface area contributed by atoms with E-state index in [0.29, 0.717) is 12.8 Å². The molecular weight excluding hydrogens is 520 g/mol. The van der Waals surface area contributed by atoms with Gasteiger partial charge in [0.25, 0.3) is 0 Å². The predicted molar refractivity (Wildman–Crippen MR) is 132 cm³/mol. The molecule has 3 N–H and O–H groups in total. The Morgan fingerprint density at radius 1 is 0.974 bits per heavy atom. The van der Waals surface area contributed by atoms with Crippen LogP contribution in [-0.2, 0) is 47.6 Å². The van der Waals surface area contributed by atoms with Crippen LogP contribution >= 0.6 is 0 Å². The van der Waals surface area contributed by atoms with E-state index in [9.17, 15) is 29.1 Å². The highest BCUT2D eigenvalue weighted by Crippen LogP contribution is 2.42. The van der Waals surface area contributed by atoms with Gasteiger partial charge in [0, 0.05) is 34.1 Å². The van der Waals surface area contributed by atoms with E-state index in [1.165, 1.54) is 13.8 Å². The maximum Gasteiger partial charge on any atom is 0.408 e. The number of esters is 3. The molecular formula is C25H40N2O12. The Labute approximate surface area is 227 Å². The summed E-state index contributed by atoms with van der Waals surface area (Å²) in [4.78, 5) is 60.4. The van der Waals surface area contributed by atoms with Gasteiger partial charge in [-0.25, -0.2) is 4.79 Å². The highest BCUT2D eigenvalue weighted by Gasteiger charge is 2.61. The SMILES string of the molecule is CC(=O)N[C@@H]1[C@@H](OC(C)=O)[C@@H](OC(C)=O)[C@@H](COC(C)=O)O[C@@]12CCC[C@H]([C@@H](CO)NC(=O)OC(C)(C)C)O2. The van der Waals surface area contributed by atoms with Crippen LogP contribution in [0.5, 0.6) is 0 Å². The Balaban J connectivity index is 2.50. The smallest absolute Gasteiger partial charge is 0.408 e. The van der Waals surface area contributed by atoms with Crippen LogP contribution < -0.4 is 10.6 Å². The van der Waals surface area contributed by atoms with Crippen molar-refractivity contribution in [1.82, 2.24) is 10.6 Å². The van der Waals surface area contributed by atoms with Crippen LogP contribution in [-0.4, -0.2) is 96.1 Å². The van der Waals surface area contributed by atoms with Crippen molar-refractivity contribution in [3.05, 3.63) is 0 Å². The van der Waals surface area contributed by atoms with E-state index in [-0.39, 0.29) is 13.0 Å². The van der Waals surface area contributed by atoms with Gasteiger partial charge >= 0.3 is 24.0 Å². The molecule has 2 aliphatic rings. The standard InChI is InChI=1S/C25H40N2O12/c1-13(29)26-22-21(36-16(4)32)20(35-15(3)31)19(12-34-14(2)30)38-25(22)10-8-9-18(37-25)17(11-28)27-23(33)39-24(5,6)7/h17-22,28H,8-12H2,1-7H3,(H,26,29)(H,27,33)/t17-,18-,19-,20+,21+,22-,25+/m1/s1. The fraction of sp³-hybridized carbons (Fsp3) is 0.800. The molecule has 0 aromatic carbocycles. The maximum atomic E-state index is 12.4. The lowest BCUT2D eigenvalue weighted by atomic mass is 9.84. The molecule has 2 fully saturated rings. The first-order valence-corrected chi connectivity index (χ1v) is 12.8. The summed E-state index contributed by atoms with van der Waals surface area (Å²) in [5.41, 5.74) is -0.783. The fourth-order valence-corrected chi connectivity index (χ4v) is 4.69. The average molecular weight is 561 g/mol. The molecule has 0 unspecified atom stereocenters. The fourth-order valence-electron chi connectivity index (χ4n) is 4.69. The molecule has 14 nitrogen and oxygen atoms in total. The van der Waals surface area contributed by atoms with Crippen molar-refractivity contribution in [2.45, 2.75) is 116 Å². The van der Waals surface area contributed by atoms with Crippen LogP contribution in [0.25, 0.3) is 0 Å². The molecule has 222 valence electrons. The normalized spacial score (nSPS) is 29.5. The molecule has 2 saturated heterocycles. The molecule has 0 aliphatic carbocycles. The van der Waals surface area contributed by atoms with Gasteiger partial charge in [0.2, 0.25) is 5.91 Å². The van der Waals surface area contributed by atoms with Gasteiger partial charge < -0.3 is 44.2 Å². The highest BCUT2D eigenvalue weighted by molar-refractivity contribution is 5.74. The molecule has 0 saturated carbocycles. The largest absolute Gasteiger partial charge is 0.463 e. The van der Waals surface area contributed by atoms with Crippen molar-refractivity contribution >= 4 is 29.9 Å². The third-order valence-electron chi connectivity index (χ3n) is 5.97. The second-order valence-corrected chi connectivity index (χ2v) is 10.6. The van der Waals surface area contributed by atoms with Crippen LogP contribution in [0.3, 0.4) is 0 Å². The van der Waals surface area contributed by atoms with E-state index < -0.39 is 84.4 Å². The van der Waals surface area contributed by atoms with Crippen LogP contribution in [0.4, 0.5) is 4.79 Å². The lowest BCUT2D eigenvalue weighted by Crippen LogP contribution is -2.74. The van der Waals surface area contributed by atoms with Gasteiger partial charge in [-0.3, -0.25) is 19.2 Å². The predicted octanol–water partition coefficient (Wildman–Crippen LogP) is 0.467. The molecule has 39 heavy (non-hydrogen) atoms. The molecule has 2 aliphatic heterocycles. The first-order valence-electron chi connectivity index (χ1n) is 12.8. The summed E-state index contributed by atoms with van der Waals surface area (Å²) in [6.07, 6.45) is -4.31. The Hall–Kier alpha value is -2.97. The van der Waals surface area contributed by atoms with E-state index in [1.807, 2.05) is 0 Å². The second-order valence-electron chi connectivity index (χ2n) is 10.6. The molecule has 7 atom stereocenters. The minimum Gasteiger partial charge on any atom is -0.463 e. The van der Waals surface area contributed by atoms with Gasteiger partial charge in [-0.1, -0.05) is 0 Å². The first-order chi connectivity index (χ1) is 18.1. The molecule has 2 rings (SSSR count). The molecule has 0 aromatic rings. The van der Waals surface area contributed by atoms with Crippen molar-refractivity contribution in [1.29, 1.82) is 0 Å². The zero-order valence-corrected chi connectivity index (χ0v) is 23.4. The lowest BCUT2D eigenvalue weighted by molar-refractivity contribution is -0.363. The van der Waals surface area contributed by atoms with Crippen molar-refractivity contribution in [3.63, 3.8) is 0 Å². The van der Waals surface area contributed by atoms with Crippen molar-refractivity contribution in [3.8, 4) is 0 Å². The van der Waals surface area contributed by atoms with E-state index in [4.69, 9.17) is 28.4 Å². The quantitative estimate of drug-likeness (QED) is 0.276. The van der Waals surface area contributed by atoms with Crippen molar-refractivity contribution in [2.24, 2.45) is 0 Å². The number of nitrogens with one attached hydrogen (secondary N) is 2. The first kappa shape index (κ1) is 32.2. The summed E-state index contributed by atoms with van der Waals surface area (Å²) in [7, 11) is 0. The van der Waals surface area contributed by atoms with Gasteiger partial charge in [-0.15, -0.1) is 0 Å². The number of aliphatic hydroxyl groups is 1. The number of carbonyl (C=O) groups is 5. The molecule has 2 heterocycles. The van der Waals surface area contributed by atoms with Crippen LogP contribution in [0, 0.1) is 0 Å². The van der Waals surface area contributed by atoms with Gasteiger partial charge in [-0.2, -0.15) is 0 Å².